The van der Waals surface area contributed by atoms with Gasteiger partial charge >= 0.3 is 5.97 Å². The van der Waals surface area contributed by atoms with Gasteiger partial charge in [0.15, 0.2) is 6.61 Å². The maximum absolute atomic E-state index is 13.1. The maximum atomic E-state index is 13.1. The summed E-state index contributed by atoms with van der Waals surface area (Å²) in [6, 6.07) is 11.2. The van der Waals surface area contributed by atoms with Crippen LogP contribution in [0.2, 0.25) is 0 Å². The fraction of sp³-hybridized carbons (Fsp3) is 0.308. The highest BCUT2D eigenvalue weighted by Crippen LogP contribution is 2.33. The van der Waals surface area contributed by atoms with Gasteiger partial charge in [0, 0.05) is 24.2 Å². The van der Waals surface area contributed by atoms with Crippen molar-refractivity contribution in [2.75, 3.05) is 6.61 Å². The van der Waals surface area contributed by atoms with Crippen LogP contribution in [-0.2, 0) is 20.7 Å². The quantitative estimate of drug-likeness (QED) is 0.367. The molecule has 1 aliphatic rings. The Kier molecular flexibility index (Phi) is 6.32. The van der Waals surface area contributed by atoms with Crippen LogP contribution >= 0.6 is 0 Å². The van der Waals surface area contributed by atoms with Crippen molar-refractivity contribution in [3.63, 3.8) is 0 Å². The minimum Gasteiger partial charge on any atom is -0.467 e. The Balaban J connectivity index is 1.24. The molecule has 0 unspecified atom stereocenters. The molecule has 0 aliphatic carbocycles. The summed E-state index contributed by atoms with van der Waals surface area (Å²) in [5.41, 5.74) is 5.41. The van der Waals surface area contributed by atoms with E-state index in [2.05, 4.69) is 20.2 Å². The molecule has 10 heteroatoms. The molecule has 0 saturated heterocycles. The minimum absolute atomic E-state index is 0.107. The third kappa shape index (κ3) is 4.61. The molecule has 1 aromatic carbocycles. The first kappa shape index (κ1) is 23.4. The highest BCUT2D eigenvalue weighted by Gasteiger charge is 2.35. The molecule has 1 amide bonds. The van der Waals surface area contributed by atoms with Crippen LogP contribution in [-0.4, -0.2) is 48.8 Å². The number of hydrogen-bond acceptors (Lipinski definition) is 8. The molecule has 0 spiro atoms. The van der Waals surface area contributed by atoms with Gasteiger partial charge in [-0.25, -0.2) is 14.5 Å². The van der Waals surface area contributed by atoms with Crippen molar-refractivity contribution in [1.29, 1.82) is 0 Å². The van der Waals surface area contributed by atoms with Crippen molar-refractivity contribution in [2.24, 2.45) is 5.10 Å². The second kappa shape index (κ2) is 9.73. The zero-order chi connectivity index (χ0) is 25.2. The number of furan rings is 1. The highest BCUT2D eigenvalue weighted by molar-refractivity contribution is 6.03. The molecule has 0 radical (unpaired) electrons. The Morgan fingerprint density at radius 1 is 1.14 bits per heavy atom. The van der Waals surface area contributed by atoms with Crippen LogP contribution in [0.4, 0.5) is 0 Å². The molecule has 1 aliphatic heterocycles. The van der Waals surface area contributed by atoms with E-state index in [0.29, 0.717) is 24.4 Å². The second-order valence-electron chi connectivity index (χ2n) is 8.78. The summed E-state index contributed by atoms with van der Waals surface area (Å²) < 4.78 is 12.5. The Hall–Kier alpha value is -4.34. The number of rotatable bonds is 7. The molecular weight excluding hydrogens is 460 g/mol. The molecular formula is C26H26N6O4. The molecule has 4 heterocycles. The molecule has 0 N–H and O–H groups in total. The standard InChI is InChI=1S/C26H26N6O4/c1-16-6-8-19(9-7-16)21-13-22(23-5-4-12-35-23)32(30-21)24(33)14-36-25(34)11-10-20-17(2)29-26-27-15-28-31(26)18(20)3/h4-9,12,15,22H,10-11,13-14H2,1-3H3/t22-/m1/s1. The summed E-state index contributed by atoms with van der Waals surface area (Å²) in [5, 5.41) is 10.1. The van der Waals surface area contributed by atoms with Crippen molar-refractivity contribution in [1.82, 2.24) is 24.6 Å². The number of benzene rings is 1. The van der Waals surface area contributed by atoms with Crippen LogP contribution in [0.3, 0.4) is 0 Å². The van der Waals surface area contributed by atoms with Crippen molar-refractivity contribution < 1.29 is 18.7 Å². The molecule has 0 fully saturated rings. The number of aryl methyl sites for hydroxylation is 3. The third-order valence-corrected chi connectivity index (χ3v) is 6.35. The van der Waals surface area contributed by atoms with E-state index in [0.717, 1.165) is 33.8 Å². The van der Waals surface area contributed by atoms with Crippen LogP contribution in [0.25, 0.3) is 5.78 Å². The van der Waals surface area contributed by atoms with E-state index >= 15 is 0 Å². The van der Waals surface area contributed by atoms with Gasteiger partial charge in [-0.3, -0.25) is 9.59 Å². The number of hydrogen-bond donors (Lipinski definition) is 0. The molecule has 184 valence electrons. The number of hydrazone groups is 1. The number of ether oxygens (including phenoxy) is 1. The number of esters is 1. The molecule has 10 nitrogen and oxygen atoms in total. The van der Waals surface area contributed by atoms with E-state index in [1.165, 1.54) is 11.3 Å². The first-order valence-electron chi connectivity index (χ1n) is 11.7. The lowest BCUT2D eigenvalue weighted by Crippen LogP contribution is -2.31. The van der Waals surface area contributed by atoms with Crippen LogP contribution < -0.4 is 0 Å². The van der Waals surface area contributed by atoms with Gasteiger partial charge < -0.3 is 9.15 Å². The fourth-order valence-electron chi connectivity index (χ4n) is 4.39. The topological polar surface area (TPSA) is 115 Å². The molecule has 1 atom stereocenters. The fourth-order valence-corrected chi connectivity index (χ4v) is 4.39. The SMILES string of the molecule is Cc1ccc(C2=NN(C(=O)COC(=O)CCc3c(C)nc4ncnn4c3C)[C@@H](c3ccco3)C2)cc1. The monoisotopic (exact) mass is 486 g/mol. The van der Waals surface area contributed by atoms with E-state index in [1.807, 2.05) is 51.1 Å². The zero-order valence-corrected chi connectivity index (χ0v) is 20.3. The molecule has 36 heavy (non-hydrogen) atoms. The molecule has 3 aromatic heterocycles. The number of aromatic nitrogens is 4. The highest BCUT2D eigenvalue weighted by atomic mass is 16.5. The zero-order valence-electron chi connectivity index (χ0n) is 20.3. The van der Waals surface area contributed by atoms with Gasteiger partial charge in [0.05, 0.1) is 12.0 Å². The summed E-state index contributed by atoms with van der Waals surface area (Å²) in [6.07, 6.45) is 4.04. The van der Waals surface area contributed by atoms with Crippen molar-refractivity contribution in [3.8, 4) is 0 Å². The van der Waals surface area contributed by atoms with Crippen molar-refractivity contribution in [2.45, 2.75) is 46.1 Å². The molecule has 0 bridgehead atoms. The Morgan fingerprint density at radius 2 is 1.94 bits per heavy atom. The predicted molar refractivity (Wildman–Crippen MR) is 130 cm³/mol. The maximum Gasteiger partial charge on any atom is 0.306 e. The number of amides is 1. The van der Waals surface area contributed by atoms with E-state index in [-0.39, 0.29) is 6.42 Å². The average molecular weight is 487 g/mol. The number of carbonyl (C=O) groups excluding carboxylic acids is 2. The van der Waals surface area contributed by atoms with E-state index in [9.17, 15) is 9.59 Å². The van der Waals surface area contributed by atoms with Gasteiger partial charge in [-0.2, -0.15) is 15.2 Å². The normalized spacial score (nSPS) is 15.4. The van der Waals surface area contributed by atoms with Gasteiger partial charge in [0.25, 0.3) is 11.7 Å². The number of fused-ring (bicyclic) bond motifs is 1. The van der Waals surface area contributed by atoms with E-state index < -0.39 is 24.5 Å². The second-order valence-corrected chi connectivity index (χ2v) is 8.78. The predicted octanol–water partition coefficient (Wildman–Crippen LogP) is 3.50. The summed E-state index contributed by atoms with van der Waals surface area (Å²) in [4.78, 5) is 34.1. The smallest absolute Gasteiger partial charge is 0.306 e. The van der Waals surface area contributed by atoms with Crippen molar-refractivity contribution >= 4 is 23.4 Å². The lowest BCUT2D eigenvalue weighted by Gasteiger charge is -2.19. The van der Waals surface area contributed by atoms with Gasteiger partial charge in [0.1, 0.15) is 18.1 Å². The summed E-state index contributed by atoms with van der Waals surface area (Å²) in [5.74, 6) is 0.258. The number of carbonyl (C=O) groups is 2. The largest absolute Gasteiger partial charge is 0.467 e. The Bertz CT molecular complexity index is 1440. The summed E-state index contributed by atoms with van der Waals surface area (Å²) in [7, 11) is 0. The number of nitrogens with zero attached hydrogens (tertiary/aromatic N) is 6. The molecule has 0 saturated carbocycles. The first-order valence-corrected chi connectivity index (χ1v) is 11.7. The van der Waals surface area contributed by atoms with E-state index in [1.54, 1.807) is 16.8 Å². The third-order valence-electron chi connectivity index (χ3n) is 6.35. The van der Waals surface area contributed by atoms with Crippen LogP contribution in [0.5, 0.6) is 0 Å². The van der Waals surface area contributed by atoms with Crippen LogP contribution in [0, 0.1) is 20.8 Å². The van der Waals surface area contributed by atoms with Crippen molar-refractivity contribution in [3.05, 3.63) is 82.8 Å². The van der Waals surface area contributed by atoms with Gasteiger partial charge in [-0.1, -0.05) is 29.8 Å². The van der Waals surface area contributed by atoms with Gasteiger partial charge in [-0.15, -0.1) is 0 Å². The average Bonchev–Trinajstić information content (AvgIpc) is 3.63. The summed E-state index contributed by atoms with van der Waals surface area (Å²) >= 11 is 0. The first-order chi connectivity index (χ1) is 17.4. The summed E-state index contributed by atoms with van der Waals surface area (Å²) in [6.45, 7) is 5.39. The van der Waals surface area contributed by atoms with Gasteiger partial charge in [-0.05, 0) is 50.5 Å². The lowest BCUT2D eigenvalue weighted by atomic mass is 10.0. The molecule has 4 aromatic rings. The van der Waals surface area contributed by atoms with Crippen LogP contribution in [0.1, 0.15) is 52.7 Å². The lowest BCUT2D eigenvalue weighted by molar-refractivity contribution is -0.152. The minimum atomic E-state index is -0.475. The van der Waals surface area contributed by atoms with E-state index in [4.69, 9.17) is 9.15 Å². The van der Waals surface area contributed by atoms with Gasteiger partial charge in [0.2, 0.25) is 0 Å². The van der Waals surface area contributed by atoms with Crippen LogP contribution in [0.15, 0.2) is 58.5 Å². The molecule has 5 rings (SSSR count). The Morgan fingerprint density at radius 3 is 2.69 bits per heavy atom. The Labute approximate surface area is 207 Å².